The maximum absolute atomic E-state index is 12.5. The van der Waals surface area contributed by atoms with Gasteiger partial charge in [0.1, 0.15) is 12.6 Å². The molecule has 2 aliphatic rings. The summed E-state index contributed by atoms with van der Waals surface area (Å²) in [5.74, 6) is -1.41. The van der Waals surface area contributed by atoms with Gasteiger partial charge in [-0.1, -0.05) is 43.2 Å². The summed E-state index contributed by atoms with van der Waals surface area (Å²) in [5.41, 5.74) is 0.876. The lowest BCUT2D eigenvalue weighted by atomic mass is 9.81. The summed E-state index contributed by atoms with van der Waals surface area (Å²) in [7, 11) is 0. The summed E-state index contributed by atoms with van der Waals surface area (Å²) in [6.45, 7) is 1.72. The molecule has 3 atom stereocenters. The molecule has 1 aromatic rings. The molecule has 23 heavy (non-hydrogen) atoms. The molecule has 1 aliphatic heterocycles. The fourth-order valence-electron chi connectivity index (χ4n) is 3.52. The molecule has 1 saturated heterocycles. The smallest absolute Gasteiger partial charge is 0.329 e. The highest BCUT2D eigenvalue weighted by molar-refractivity contribution is 6.07. The van der Waals surface area contributed by atoms with E-state index in [0.29, 0.717) is 0 Å². The minimum Gasteiger partial charge on any atom is -0.459 e. The van der Waals surface area contributed by atoms with Crippen LogP contribution in [0.3, 0.4) is 0 Å². The molecule has 0 spiro atoms. The van der Waals surface area contributed by atoms with Crippen LogP contribution in [0.5, 0.6) is 0 Å². The summed E-state index contributed by atoms with van der Waals surface area (Å²) in [6.07, 6.45) is 3.44. The van der Waals surface area contributed by atoms with E-state index in [1.165, 1.54) is 0 Å². The highest BCUT2D eigenvalue weighted by Crippen LogP contribution is 2.38. The Morgan fingerprint density at radius 3 is 2.26 bits per heavy atom. The van der Waals surface area contributed by atoms with Gasteiger partial charge in [-0.05, 0) is 25.3 Å². The van der Waals surface area contributed by atoms with Crippen LogP contribution in [0.4, 0.5) is 0 Å². The molecule has 5 heteroatoms. The number of rotatable bonds is 4. The van der Waals surface area contributed by atoms with E-state index in [0.717, 1.165) is 36.1 Å². The highest BCUT2D eigenvalue weighted by Gasteiger charge is 2.51. The Morgan fingerprint density at radius 2 is 1.70 bits per heavy atom. The average molecular weight is 315 g/mol. The third kappa shape index (κ3) is 3.00. The lowest BCUT2D eigenvalue weighted by molar-refractivity contribution is -0.159. The molecule has 0 aromatic heterocycles. The zero-order valence-electron chi connectivity index (χ0n) is 13.2. The predicted molar refractivity (Wildman–Crippen MR) is 83.0 cm³/mol. The van der Waals surface area contributed by atoms with Crippen LogP contribution in [-0.2, 0) is 25.7 Å². The number of benzene rings is 1. The quantitative estimate of drug-likeness (QED) is 0.632. The number of ether oxygens (including phenoxy) is 1. The third-order valence-corrected chi connectivity index (χ3v) is 4.83. The number of hydrogen-bond acceptors (Lipinski definition) is 4. The van der Waals surface area contributed by atoms with Crippen molar-refractivity contribution in [3.63, 3.8) is 0 Å². The Labute approximate surface area is 135 Å². The summed E-state index contributed by atoms with van der Waals surface area (Å²) in [4.78, 5) is 38.3. The number of fused-ring (bicyclic) bond motifs is 1. The van der Waals surface area contributed by atoms with Crippen molar-refractivity contribution in [1.82, 2.24) is 4.90 Å². The zero-order chi connectivity index (χ0) is 16.4. The molecule has 0 unspecified atom stereocenters. The Balaban J connectivity index is 1.65. The van der Waals surface area contributed by atoms with Gasteiger partial charge in [0.15, 0.2) is 0 Å². The van der Waals surface area contributed by atoms with E-state index in [-0.39, 0.29) is 30.3 Å². The number of carbonyl (C=O) groups is 3. The van der Waals surface area contributed by atoms with Crippen molar-refractivity contribution in [2.45, 2.75) is 45.3 Å². The van der Waals surface area contributed by atoms with Crippen molar-refractivity contribution >= 4 is 17.8 Å². The Hall–Kier alpha value is -2.17. The van der Waals surface area contributed by atoms with Crippen LogP contribution in [0.2, 0.25) is 0 Å². The fourth-order valence-corrected chi connectivity index (χ4v) is 3.52. The fraction of sp³-hybridized carbons (Fsp3) is 0.500. The summed E-state index contributed by atoms with van der Waals surface area (Å²) in [5, 5.41) is 0. The second-order valence-electron chi connectivity index (χ2n) is 6.31. The first-order chi connectivity index (χ1) is 11.1. The average Bonchev–Trinajstić information content (AvgIpc) is 2.84. The first kappa shape index (κ1) is 15.7. The predicted octanol–water partition coefficient (Wildman–Crippen LogP) is 2.29. The van der Waals surface area contributed by atoms with Gasteiger partial charge in [-0.15, -0.1) is 0 Å². The molecule has 1 aromatic carbocycles. The Morgan fingerprint density at radius 1 is 1.13 bits per heavy atom. The summed E-state index contributed by atoms with van der Waals surface area (Å²) >= 11 is 0. The molecule has 122 valence electrons. The first-order valence-electron chi connectivity index (χ1n) is 8.17. The lowest BCUT2D eigenvalue weighted by Crippen LogP contribution is -2.44. The van der Waals surface area contributed by atoms with Crippen LogP contribution in [0.15, 0.2) is 30.3 Å². The van der Waals surface area contributed by atoms with Crippen LogP contribution in [-0.4, -0.2) is 28.7 Å². The van der Waals surface area contributed by atoms with Crippen molar-refractivity contribution < 1.29 is 19.1 Å². The van der Waals surface area contributed by atoms with Gasteiger partial charge in [-0.2, -0.15) is 0 Å². The van der Waals surface area contributed by atoms with Crippen molar-refractivity contribution in [2.75, 3.05) is 0 Å². The van der Waals surface area contributed by atoms with Crippen molar-refractivity contribution in [2.24, 2.45) is 11.8 Å². The molecule has 2 amide bonds. The molecule has 5 nitrogen and oxygen atoms in total. The van der Waals surface area contributed by atoms with E-state index in [9.17, 15) is 14.4 Å². The molecule has 1 aliphatic carbocycles. The normalized spacial score (nSPS) is 25.2. The van der Waals surface area contributed by atoms with E-state index >= 15 is 0 Å². The van der Waals surface area contributed by atoms with Crippen LogP contribution in [0, 0.1) is 11.8 Å². The first-order valence-corrected chi connectivity index (χ1v) is 8.17. The number of amides is 2. The largest absolute Gasteiger partial charge is 0.459 e. The number of nitrogens with zero attached hydrogens (tertiary/aromatic N) is 1. The SMILES string of the molecule is C[C@@H](C(=O)OCc1ccccc1)N1C(=O)[C@H]2CCCC[C@H]2C1=O. The maximum atomic E-state index is 12.5. The number of carbonyl (C=O) groups excluding carboxylic acids is 3. The third-order valence-electron chi connectivity index (χ3n) is 4.83. The van der Waals surface area contributed by atoms with Gasteiger partial charge in [0.2, 0.25) is 11.8 Å². The van der Waals surface area contributed by atoms with E-state index < -0.39 is 12.0 Å². The molecule has 1 saturated carbocycles. The van der Waals surface area contributed by atoms with Gasteiger partial charge in [0.25, 0.3) is 0 Å². The summed E-state index contributed by atoms with van der Waals surface area (Å²) < 4.78 is 5.27. The van der Waals surface area contributed by atoms with Gasteiger partial charge in [0.05, 0.1) is 11.8 Å². The minimum absolute atomic E-state index is 0.146. The standard InChI is InChI=1S/C18H21NO4/c1-12(18(22)23-11-13-7-3-2-4-8-13)19-16(20)14-9-5-6-10-15(14)17(19)21/h2-4,7-8,12,14-15H,5-6,9-11H2,1H3/t12-,14-,15+/m0/s1. The number of likely N-dealkylation sites (tertiary alicyclic amines) is 1. The van der Waals surface area contributed by atoms with Crippen molar-refractivity contribution in [3.05, 3.63) is 35.9 Å². The van der Waals surface area contributed by atoms with E-state index in [1.807, 2.05) is 30.3 Å². The molecule has 0 bridgehead atoms. The number of esters is 1. The molecule has 0 N–H and O–H groups in total. The van der Waals surface area contributed by atoms with Crippen LogP contribution < -0.4 is 0 Å². The molecular weight excluding hydrogens is 294 g/mol. The second-order valence-corrected chi connectivity index (χ2v) is 6.31. The zero-order valence-corrected chi connectivity index (χ0v) is 13.2. The van der Waals surface area contributed by atoms with Crippen molar-refractivity contribution in [3.8, 4) is 0 Å². The topological polar surface area (TPSA) is 63.7 Å². The number of imide groups is 1. The van der Waals surface area contributed by atoms with Gasteiger partial charge >= 0.3 is 5.97 Å². The molecular formula is C18H21NO4. The van der Waals surface area contributed by atoms with Gasteiger partial charge in [-0.25, -0.2) is 4.79 Å². The van der Waals surface area contributed by atoms with Crippen LogP contribution in [0.25, 0.3) is 0 Å². The van der Waals surface area contributed by atoms with Gasteiger partial charge < -0.3 is 4.74 Å². The lowest BCUT2D eigenvalue weighted by Gasteiger charge is -2.21. The molecule has 3 rings (SSSR count). The monoisotopic (exact) mass is 315 g/mol. The molecule has 0 radical (unpaired) electrons. The van der Waals surface area contributed by atoms with E-state index in [2.05, 4.69) is 0 Å². The molecule has 1 heterocycles. The van der Waals surface area contributed by atoms with Gasteiger partial charge in [-0.3, -0.25) is 14.5 Å². The summed E-state index contributed by atoms with van der Waals surface area (Å²) in [6, 6.07) is 8.48. The Kier molecular flexibility index (Phi) is 4.46. The maximum Gasteiger partial charge on any atom is 0.329 e. The van der Waals surface area contributed by atoms with Crippen LogP contribution >= 0.6 is 0 Å². The highest BCUT2D eigenvalue weighted by atomic mass is 16.5. The van der Waals surface area contributed by atoms with Crippen LogP contribution in [0.1, 0.15) is 38.2 Å². The van der Waals surface area contributed by atoms with E-state index in [4.69, 9.17) is 4.74 Å². The second kappa shape index (κ2) is 6.52. The van der Waals surface area contributed by atoms with Gasteiger partial charge in [0, 0.05) is 0 Å². The van der Waals surface area contributed by atoms with E-state index in [1.54, 1.807) is 6.92 Å². The molecule has 2 fully saturated rings. The number of hydrogen-bond donors (Lipinski definition) is 0. The Bertz CT molecular complexity index is 589. The minimum atomic E-state index is -0.857. The van der Waals surface area contributed by atoms with Crippen molar-refractivity contribution in [1.29, 1.82) is 0 Å².